The topological polar surface area (TPSA) is 23.6 Å². The first-order valence-electron chi connectivity index (χ1n) is 11.4. The Bertz CT molecular complexity index is 739. The molecule has 2 rings (SSSR count). The molecule has 0 saturated heterocycles. The van der Waals surface area contributed by atoms with Gasteiger partial charge in [-0.3, -0.25) is 4.79 Å². The number of benzene rings is 2. The van der Waals surface area contributed by atoms with Gasteiger partial charge in [-0.25, -0.2) is 0 Å². The molecule has 1 amide bonds. The van der Waals surface area contributed by atoms with E-state index in [4.69, 9.17) is 11.6 Å². The van der Waals surface area contributed by atoms with Crippen LogP contribution in [-0.4, -0.2) is 30.4 Å². The van der Waals surface area contributed by atoms with E-state index in [1.807, 2.05) is 29.2 Å². The third-order valence-corrected chi connectivity index (χ3v) is 5.84. The second-order valence-corrected chi connectivity index (χ2v) is 8.31. The molecule has 0 fully saturated rings. The molecule has 0 aliphatic rings. The van der Waals surface area contributed by atoms with Crippen LogP contribution in [-0.2, 0) is 17.8 Å². The molecule has 0 atom stereocenters. The molecular weight excluding hydrogens is 392 g/mol. The van der Waals surface area contributed by atoms with E-state index < -0.39 is 0 Å². The predicted octanol–water partition coefficient (Wildman–Crippen LogP) is 6.73. The first-order valence-corrected chi connectivity index (χ1v) is 11.8. The molecule has 0 heterocycles. The van der Waals surface area contributed by atoms with Crippen molar-refractivity contribution in [3.63, 3.8) is 0 Å². The summed E-state index contributed by atoms with van der Waals surface area (Å²) in [5, 5.41) is 0.701. The van der Waals surface area contributed by atoms with Crippen molar-refractivity contribution in [3.05, 3.63) is 64.7 Å². The number of halogens is 1. The summed E-state index contributed by atoms with van der Waals surface area (Å²) in [7, 11) is 0. The SMILES string of the molecule is CCCCCCCN(Cc1ccc(N(CC)CC)cc1)C(=O)Cc1ccc(Cl)cc1. The van der Waals surface area contributed by atoms with Crippen molar-refractivity contribution in [2.24, 2.45) is 0 Å². The second kappa shape index (κ2) is 13.3. The maximum Gasteiger partial charge on any atom is 0.227 e. The Kier molecular flexibility index (Phi) is 10.8. The fourth-order valence-electron chi connectivity index (χ4n) is 3.71. The van der Waals surface area contributed by atoms with Gasteiger partial charge in [0.25, 0.3) is 0 Å². The van der Waals surface area contributed by atoms with Gasteiger partial charge in [0.1, 0.15) is 0 Å². The molecule has 2 aromatic carbocycles. The average molecular weight is 429 g/mol. The molecule has 0 radical (unpaired) electrons. The van der Waals surface area contributed by atoms with E-state index in [1.54, 1.807) is 0 Å². The quantitative estimate of drug-likeness (QED) is 0.330. The van der Waals surface area contributed by atoms with Gasteiger partial charge in [-0.2, -0.15) is 0 Å². The Hall–Kier alpha value is -2.00. The highest BCUT2D eigenvalue weighted by Crippen LogP contribution is 2.18. The standard InChI is InChI=1S/C26H37ClN2O/c1-4-7-8-9-10-19-29(26(30)20-22-11-15-24(27)16-12-22)21-23-13-17-25(18-14-23)28(5-2)6-3/h11-18H,4-10,19-21H2,1-3H3. The number of hydrogen-bond acceptors (Lipinski definition) is 2. The van der Waals surface area contributed by atoms with Crippen molar-refractivity contribution in [2.45, 2.75) is 65.8 Å². The normalized spacial score (nSPS) is 10.8. The summed E-state index contributed by atoms with van der Waals surface area (Å²) in [6.45, 7) is 10.1. The zero-order valence-electron chi connectivity index (χ0n) is 18.9. The molecule has 0 bridgehead atoms. The molecule has 3 nitrogen and oxygen atoms in total. The van der Waals surface area contributed by atoms with E-state index in [0.717, 1.165) is 31.6 Å². The van der Waals surface area contributed by atoms with Crippen LogP contribution in [0.15, 0.2) is 48.5 Å². The van der Waals surface area contributed by atoms with Gasteiger partial charge in [0, 0.05) is 36.9 Å². The first-order chi connectivity index (χ1) is 14.6. The van der Waals surface area contributed by atoms with E-state index in [-0.39, 0.29) is 5.91 Å². The van der Waals surface area contributed by atoms with Crippen molar-refractivity contribution in [1.82, 2.24) is 4.90 Å². The van der Waals surface area contributed by atoms with Crippen LogP contribution in [0.25, 0.3) is 0 Å². The number of anilines is 1. The van der Waals surface area contributed by atoms with Crippen molar-refractivity contribution in [1.29, 1.82) is 0 Å². The monoisotopic (exact) mass is 428 g/mol. The third-order valence-electron chi connectivity index (χ3n) is 5.59. The molecule has 0 aliphatic heterocycles. The van der Waals surface area contributed by atoms with Gasteiger partial charge in [-0.1, -0.05) is 68.5 Å². The Morgan fingerprint density at radius 1 is 0.800 bits per heavy atom. The summed E-state index contributed by atoms with van der Waals surface area (Å²) in [4.78, 5) is 17.4. The van der Waals surface area contributed by atoms with Crippen LogP contribution < -0.4 is 4.90 Å². The second-order valence-electron chi connectivity index (χ2n) is 7.87. The van der Waals surface area contributed by atoms with Gasteiger partial charge >= 0.3 is 0 Å². The minimum atomic E-state index is 0.181. The number of nitrogens with zero attached hydrogens (tertiary/aromatic N) is 2. The average Bonchev–Trinajstić information content (AvgIpc) is 2.76. The lowest BCUT2D eigenvalue weighted by Crippen LogP contribution is -2.32. The molecule has 30 heavy (non-hydrogen) atoms. The molecular formula is C26H37ClN2O. The first kappa shape index (κ1) is 24.3. The van der Waals surface area contributed by atoms with Crippen molar-refractivity contribution < 1.29 is 4.79 Å². The van der Waals surface area contributed by atoms with Gasteiger partial charge in [0.15, 0.2) is 0 Å². The maximum atomic E-state index is 13.1. The van der Waals surface area contributed by atoms with Crippen molar-refractivity contribution >= 4 is 23.2 Å². The lowest BCUT2D eigenvalue weighted by atomic mass is 10.1. The molecule has 0 spiro atoms. The number of hydrogen-bond donors (Lipinski definition) is 0. The molecule has 0 saturated carbocycles. The van der Waals surface area contributed by atoms with Crippen LogP contribution in [0.5, 0.6) is 0 Å². The lowest BCUT2D eigenvalue weighted by molar-refractivity contribution is -0.131. The number of carbonyl (C=O) groups excluding carboxylic acids is 1. The minimum absolute atomic E-state index is 0.181. The number of unbranched alkanes of at least 4 members (excludes halogenated alkanes) is 4. The van der Waals surface area contributed by atoms with Gasteiger partial charge in [0.2, 0.25) is 5.91 Å². The Morgan fingerprint density at radius 2 is 1.40 bits per heavy atom. The summed E-state index contributed by atoms with van der Waals surface area (Å²) in [6.07, 6.45) is 6.41. The van der Waals surface area contributed by atoms with Gasteiger partial charge < -0.3 is 9.80 Å². The highest BCUT2D eigenvalue weighted by molar-refractivity contribution is 6.30. The number of amides is 1. The molecule has 0 aliphatic carbocycles. The number of carbonyl (C=O) groups is 1. The van der Waals surface area contributed by atoms with Crippen LogP contribution in [0, 0.1) is 0 Å². The largest absolute Gasteiger partial charge is 0.372 e. The smallest absolute Gasteiger partial charge is 0.227 e. The third kappa shape index (κ3) is 8.02. The minimum Gasteiger partial charge on any atom is -0.372 e. The van der Waals surface area contributed by atoms with E-state index in [0.29, 0.717) is 18.0 Å². The van der Waals surface area contributed by atoms with Crippen molar-refractivity contribution in [2.75, 3.05) is 24.5 Å². The van der Waals surface area contributed by atoms with Gasteiger partial charge in [-0.05, 0) is 55.7 Å². The summed E-state index contributed by atoms with van der Waals surface area (Å²) in [5.41, 5.74) is 3.43. The van der Waals surface area contributed by atoms with Crippen molar-refractivity contribution in [3.8, 4) is 0 Å². The van der Waals surface area contributed by atoms with Gasteiger partial charge in [-0.15, -0.1) is 0 Å². The van der Waals surface area contributed by atoms with E-state index in [2.05, 4.69) is 49.9 Å². The van der Waals surface area contributed by atoms with Crippen LogP contribution >= 0.6 is 11.6 Å². The maximum absolute atomic E-state index is 13.1. The Balaban J connectivity index is 2.04. The summed E-state index contributed by atoms with van der Waals surface area (Å²) >= 11 is 5.99. The molecule has 2 aromatic rings. The molecule has 0 aromatic heterocycles. The Labute approximate surface area is 188 Å². The van der Waals surface area contributed by atoms with Crippen LogP contribution in [0.3, 0.4) is 0 Å². The Morgan fingerprint density at radius 3 is 2.00 bits per heavy atom. The van der Waals surface area contributed by atoms with Crippen LogP contribution in [0.2, 0.25) is 5.02 Å². The van der Waals surface area contributed by atoms with E-state index in [1.165, 1.54) is 36.9 Å². The fraction of sp³-hybridized carbons (Fsp3) is 0.500. The summed E-state index contributed by atoms with van der Waals surface area (Å²) in [6, 6.07) is 16.3. The van der Waals surface area contributed by atoms with E-state index >= 15 is 0 Å². The molecule has 0 unspecified atom stereocenters. The molecule has 4 heteroatoms. The summed E-state index contributed by atoms with van der Waals surface area (Å²) in [5.74, 6) is 0.181. The fourth-order valence-corrected chi connectivity index (χ4v) is 3.83. The zero-order chi connectivity index (χ0) is 21.8. The lowest BCUT2D eigenvalue weighted by Gasteiger charge is -2.24. The highest BCUT2D eigenvalue weighted by Gasteiger charge is 2.15. The van der Waals surface area contributed by atoms with Crippen LogP contribution in [0.4, 0.5) is 5.69 Å². The number of rotatable bonds is 13. The summed E-state index contributed by atoms with van der Waals surface area (Å²) < 4.78 is 0. The zero-order valence-corrected chi connectivity index (χ0v) is 19.6. The van der Waals surface area contributed by atoms with Crippen LogP contribution in [0.1, 0.15) is 64.0 Å². The van der Waals surface area contributed by atoms with Gasteiger partial charge in [0.05, 0.1) is 6.42 Å². The molecule has 164 valence electrons. The highest BCUT2D eigenvalue weighted by atomic mass is 35.5. The predicted molar refractivity (Wildman–Crippen MR) is 129 cm³/mol. The molecule has 0 N–H and O–H groups in total. The van der Waals surface area contributed by atoms with E-state index in [9.17, 15) is 4.79 Å².